The first-order chi connectivity index (χ1) is 21.0. The smallest absolute Gasteiger partial charge is 0.265 e. The molecule has 0 fully saturated rings. The van der Waals surface area contributed by atoms with E-state index in [1.165, 1.54) is 17.8 Å². The highest BCUT2D eigenvalue weighted by Crippen LogP contribution is 2.42. The highest BCUT2D eigenvalue weighted by molar-refractivity contribution is 8.04. The van der Waals surface area contributed by atoms with Crippen LogP contribution >= 0.6 is 11.8 Å². The number of anilines is 1. The predicted molar refractivity (Wildman–Crippen MR) is 169 cm³/mol. The second-order valence-electron chi connectivity index (χ2n) is 9.84. The van der Waals surface area contributed by atoms with Crippen LogP contribution in [0, 0.1) is 5.82 Å². The Bertz CT molecular complexity index is 1640. The van der Waals surface area contributed by atoms with Gasteiger partial charge in [0.15, 0.2) is 11.5 Å². The van der Waals surface area contributed by atoms with Crippen molar-refractivity contribution in [2.45, 2.75) is 31.7 Å². The highest BCUT2D eigenvalue weighted by Gasteiger charge is 2.29. The Hall–Kier alpha value is -4.56. The maximum Gasteiger partial charge on any atom is 0.265 e. The molecule has 6 nitrogen and oxygen atoms in total. The quantitative estimate of drug-likeness (QED) is 0.184. The molecule has 4 aromatic rings. The monoisotopic (exact) mass is 596 g/mol. The molecule has 1 aliphatic heterocycles. The highest BCUT2D eigenvalue weighted by atomic mass is 32.2. The molecule has 0 unspecified atom stereocenters. The number of ether oxygens (including phenoxy) is 2. The summed E-state index contributed by atoms with van der Waals surface area (Å²) in [5.41, 5.74) is 3.55. The number of hydrogen-bond acceptors (Lipinski definition) is 5. The fourth-order valence-electron chi connectivity index (χ4n) is 4.77. The summed E-state index contributed by atoms with van der Waals surface area (Å²) >= 11 is 1.39. The lowest BCUT2D eigenvalue weighted by atomic mass is 10.1. The van der Waals surface area contributed by atoms with E-state index in [1.54, 1.807) is 41.3 Å². The number of para-hydroxylation sites is 1. The second kappa shape index (κ2) is 14.1. The number of halogens is 1. The maximum atomic E-state index is 14.4. The van der Waals surface area contributed by atoms with Crippen molar-refractivity contribution in [3.05, 3.63) is 124 Å². The third kappa shape index (κ3) is 7.27. The number of carbonyl (C=O) groups excluding carboxylic acids is 2. The van der Waals surface area contributed by atoms with Crippen LogP contribution in [0.25, 0.3) is 6.08 Å². The number of fused-ring (bicyclic) bond motifs is 1. The van der Waals surface area contributed by atoms with Crippen LogP contribution in [0.15, 0.2) is 101 Å². The zero-order chi connectivity index (χ0) is 30.2. The molecule has 0 saturated heterocycles. The molecule has 0 radical (unpaired) electrons. The van der Waals surface area contributed by atoms with Crippen molar-refractivity contribution in [3.63, 3.8) is 0 Å². The summed E-state index contributed by atoms with van der Waals surface area (Å²) < 4.78 is 25.8. The molecule has 5 rings (SSSR count). The molecule has 0 spiro atoms. The predicted octanol–water partition coefficient (Wildman–Crippen LogP) is 7.28. The van der Waals surface area contributed by atoms with Gasteiger partial charge in [0.25, 0.3) is 11.8 Å². The van der Waals surface area contributed by atoms with Gasteiger partial charge in [0.1, 0.15) is 5.82 Å². The third-order valence-electron chi connectivity index (χ3n) is 6.90. The molecule has 43 heavy (non-hydrogen) atoms. The second-order valence-corrected chi connectivity index (χ2v) is 10.9. The first-order valence-electron chi connectivity index (χ1n) is 14.3. The van der Waals surface area contributed by atoms with Gasteiger partial charge in [-0.1, -0.05) is 60.3 Å². The van der Waals surface area contributed by atoms with E-state index in [-0.39, 0.29) is 24.2 Å². The zero-order valence-electron chi connectivity index (χ0n) is 24.1. The van der Waals surface area contributed by atoms with E-state index in [0.717, 1.165) is 21.7 Å². The Kier molecular flexibility index (Phi) is 9.79. The number of amides is 2. The molecular formula is C35H33FN2O4S. The van der Waals surface area contributed by atoms with Crippen molar-refractivity contribution in [2.75, 3.05) is 24.7 Å². The molecule has 0 bridgehead atoms. The molecule has 0 atom stereocenters. The summed E-state index contributed by atoms with van der Waals surface area (Å²) in [6, 6.07) is 27.0. The van der Waals surface area contributed by atoms with Gasteiger partial charge in [-0.2, -0.15) is 0 Å². The molecule has 220 valence electrons. The molecule has 8 heteroatoms. The minimum absolute atomic E-state index is 0.128. The van der Waals surface area contributed by atoms with Gasteiger partial charge in [0.2, 0.25) is 0 Å². The van der Waals surface area contributed by atoms with Crippen LogP contribution in [0.3, 0.4) is 0 Å². The molecule has 1 heterocycles. The fraction of sp³-hybridized carbons (Fsp3) is 0.200. The van der Waals surface area contributed by atoms with E-state index >= 15 is 0 Å². The molecule has 4 aromatic carbocycles. The Balaban J connectivity index is 1.24. The number of nitrogens with one attached hydrogen (secondary N) is 1. The van der Waals surface area contributed by atoms with E-state index < -0.39 is 0 Å². The summed E-state index contributed by atoms with van der Waals surface area (Å²) in [5.74, 6) is 0.688. The van der Waals surface area contributed by atoms with E-state index in [2.05, 4.69) is 5.32 Å². The molecular weight excluding hydrogens is 563 g/mol. The summed E-state index contributed by atoms with van der Waals surface area (Å²) in [7, 11) is 0. The van der Waals surface area contributed by atoms with E-state index in [9.17, 15) is 14.0 Å². The van der Waals surface area contributed by atoms with E-state index in [4.69, 9.17) is 9.47 Å². The van der Waals surface area contributed by atoms with E-state index in [0.29, 0.717) is 53.7 Å². The van der Waals surface area contributed by atoms with Crippen LogP contribution in [0.5, 0.6) is 11.5 Å². The Morgan fingerprint density at radius 2 is 1.63 bits per heavy atom. The number of benzene rings is 4. The Morgan fingerprint density at radius 1 is 0.907 bits per heavy atom. The van der Waals surface area contributed by atoms with Crippen molar-refractivity contribution < 1.29 is 23.5 Å². The third-order valence-corrected chi connectivity index (χ3v) is 7.97. The summed E-state index contributed by atoms with van der Waals surface area (Å²) in [6.07, 6.45) is 2.45. The molecule has 0 aromatic heterocycles. The maximum absolute atomic E-state index is 14.4. The standard InChI is InChI=1S/C35H33FN2O4S/c1-3-41-30-18-15-25(21-31(30)42-4-2)19-20-37-34(39)26-16-13-24(14-17-26)22-33-35(40)38(23-27-9-5-6-10-28(27)36)29-11-7-8-12-32(29)43-33/h5-18,21-22H,3-4,19-20,23H2,1-2H3,(H,37,39). The van der Waals surface area contributed by atoms with Crippen LogP contribution < -0.4 is 19.7 Å². The first kappa shape index (κ1) is 29.9. The zero-order valence-corrected chi connectivity index (χ0v) is 25.0. The van der Waals surface area contributed by atoms with Gasteiger partial charge in [-0.05, 0) is 79.9 Å². The molecule has 2 amide bonds. The average molecular weight is 597 g/mol. The lowest BCUT2D eigenvalue weighted by Crippen LogP contribution is -2.34. The van der Waals surface area contributed by atoms with Crippen LogP contribution in [0.1, 0.15) is 40.9 Å². The summed E-state index contributed by atoms with van der Waals surface area (Å²) in [5, 5.41) is 2.97. The number of hydrogen-bond donors (Lipinski definition) is 1. The van der Waals surface area contributed by atoms with Crippen LogP contribution in [0.4, 0.5) is 10.1 Å². The largest absolute Gasteiger partial charge is 0.490 e. The van der Waals surface area contributed by atoms with Gasteiger partial charge in [0.05, 0.1) is 30.4 Å². The number of nitrogens with zero attached hydrogens (tertiary/aromatic N) is 1. The van der Waals surface area contributed by atoms with Gasteiger partial charge in [0, 0.05) is 22.6 Å². The van der Waals surface area contributed by atoms with Gasteiger partial charge in [-0.25, -0.2) is 4.39 Å². The summed E-state index contributed by atoms with van der Waals surface area (Å²) in [4.78, 5) is 29.4. The molecule has 0 saturated carbocycles. The Labute approximate surface area is 255 Å². The van der Waals surface area contributed by atoms with E-state index in [1.807, 2.05) is 68.4 Å². The van der Waals surface area contributed by atoms with Crippen LogP contribution in [0.2, 0.25) is 0 Å². The molecule has 0 aliphatic carbocycles. The van der Waals surface area contributed by atoms with Crippen molar-refractivity contribution in [1.29, 1.82) is 0 Å². The SMILES string of the molecule is CCOc1ccc(CCNC(=O)c2ccc(C=C3Sc4ccccc4N(Cc4ccccc4F)C3=O)cc2)cc1OCC. The minimum atomic E-state index is -0.347. The number of rotatable bonds is 11. The van der Waals surface area contributed by atoms with Gasteiger partial charge in [-0.15, -0.1) is 0 Å². The van der Waals surface area contributed by atoms with Crippen molar-refractivity contribution >= 4 is 35.3 Å². The Morgan fingerprint density at radius 3 is 2.40 bits per heavy atom. The van der Waals surface area contributed by atoms with Gasteiger partial charge < -0.3 is 19.7 Å². The van der Waals surface area contributed by atoms with Crippen molar-refractivity contribution in [2.24, 2.45) is 0 Å². The van der Waals surface area contributed by atoms with Crippen molar-refractivity contribution in [1.82, 2.24) is 5.32 Å². The molecule has 1 N–H and O–H groups in total. The lowest BCUT2D eigenvalue weighted by molar-refractivity contribution is -0.114. The average Bonchev–Trinajstić information content (AvgIpc) is 3.02. The fourth-order valence-corrected chi connectivity index (χ4v) is 5.83. The minimum Gasteiger partial charge on any atom is -0.490 e. The lowest BCUT2D eigenvalue weighted by Gasteiger charge is -2.30. The molecule has 1 aliphatic rings. The summed E-state index contributed by atoms with van der Waals surface area (Å²) in [6.45, 7) is 5.55. The van der Waals surface area contributed by atoms with Crippen LogP contribution in [-0.4, -0.2) is 31.6 Å². The first-order valence-corrected chi connectivity index (χ1v) is 15.1. The van der Waals surface area contributed by atoms with Crippen LogP contribution in [-0.2, 0) is 17.8 Å². The van der Waals surface area contributed by atoms with Gasteiger partial charge >= 0.3 is 0 Å². The number of carbonyl (C=O) groups is 2. The normalized spacial score (nSPS) is 13.5. The van der Waals surface area contributed by atoms with Crippen molar-refractivity contribution in [3.8, 4) is 11.5 Å². The van der Waals surface area contributed by atoms with Gasteiger partial charge in [-0.3, -0.25) is 9.59 Å². The number of thioether (sulfide) groups is 1. The topological polar surface area (TPSA) is 67.9 Å².